The van der Waals surface area contributed by atoms with E-state index in [9.17, 15) is 28.2 Å². The molecule has 0 radical (unpaired) electrons. The summed E-state index contributed by atoms with van der Waals surface area (Å²) in [6, 6.07) is -3.35. The van der Waals surface area contributed by atoms with Crippen molar-refractivity contribution in [1.29, 1.82) is 0 Å². The summed E-state index contributed by atoms with van der Waals surface area (Å²) in [5.41, 5.74) is 0.376. The number of rotatable bonds is 20. The molecular weight excluding hydrogens is 669 g/mol. The fourth-order valence-corrected chi connectivity index (χ4v) is 7.57. The summed E-state index contributed by atoms with van der Waals surface area (Å²) in [5.74, 6) is -1.25. The summed E-state index contributed by atoms with van der Waals surface area (Å²) < 4.78 is 10.7. The lowest BCUT2D eigenvalue weighted by molar-refractivity contribution is -0.143. The Bertz CT molecular complexity index is 1250. The number of nitrogens with one attached hydrogen (secondary N) is 5. The van der Waals surface area contributed by atoms with Gasteiger partial charge in [-0.3, -0.25) is 19.2 Å². The van der Waals surface area contributed by atoms with E-state index in [1.807, 2.05) is 34.6 Å². The normalized spacial score (nSPS) is 21.1. The number of Topliss-reactive ketones (excluding diaryl/α,β-unsaturated/α-hetero) is 1. The fourth-order valence-electron chi connectivity index (χ4n) is 7.25. The predicted molar refractivity (Wildman–Crippen MR) is 201 cm³/mol. The number of likely N-dealkylation sites (tertiary alicyclic amines) is 1. The zero-order valence-corrected chi connectivity index (χ0v) is 32.3. The Balaban J connectivity index is 1.78. The van der Waals surface area contributed by atoms with Crippen molar-refractivity contribution in [2.45, 2.75) is 129 Å². The molecule has 0 bridgehead atoms. The molecule has 2 unspecified atom stereocenters. The molecule has 2 aliphatic carbocycles. The van der Waals surface area contributed by atoms with E-state index in [0.717, 1.165) is 63.5 Å². The topological polar surface area (TPSA) is 166 Å². The predicted octanol–water partition coefficient (Wildman–Crippen LogP) is 3.79. The van der Waals surface area contributed by atoms with Crippen LogP contribution < -0.4 is 26.6 Å². The number of unbranched alkanes of at least 4 members (excludes halogenated alkanes) is 1. The van der Waals surface area contributed by atoms with E-state index in [1.165, 1.54) is 12.5 Å². The van der Waals surface area contributed by atoms with Crippen LogP contribution >= 0.6 is 0 Å². The molecule has 5 atom stereocenters. The second-order valence-electron chi connectivity index (χ2n) is 16.0. The monoisotopic (exact) mass is 731 g/mol. The second-order valence-corrected chi connectivity index (χ2v) is 16.6. The number of allylic oxidation sites excluding steroid dienone is 1. The number of hydrogen-bond acceptors (Lipinski definition) is 7. The molecule has 286 valence electrons. The molecule has 3 rings (SSSR count). The van der Waals surface area contributed by atoms with E-state index in [-0.39, 0.29) is 30.3 Å². The zero-order valence-electron chi connectivity index (χ0n) is 31.5. The van der Waals surface area contributed by atoms with E-state index in [2.05, 4.69) is 39.2 Å². The highest BCUT2D eigenvalue weighted by atomic mass is 32.1. The van der Waals surface area contributed by atoms with Gasteiger partial charge in [0.2, 0.25) is 23.4 Å². The van der Waals surface area contributed by atoms with Crippen molar-refractivity contribution >= 4 is 41.2 Å². The van der Waals surface area contributed by atoms with Gasteiger partial charge in [0.15, 0.2) is 0 Å². The number of amides is 5. The van der Waals surface area contributed by atoms with E-state index in [4.69, 9.17) is 0 Å². The Morgan fingerprint density at radius 2 is 1.67 bits per heavy atom. The molecule has 5 amide bonds. The van der Waals surface area contributed by atoms with Crippen molar-refractivity contribution in [3.05, 3.63) is 24.3 Å². The van der Waals surface area contributed by atoms with Gasteiger partial charge in [-0.2, -0.15) is 0 Å². The summed E-state index contributed by atoms with van der Waals surface area (Å²) in [6.07, 6.45) is 13.3. The average molecular weight is 732 g/mol. The third kappa shape index (κ3) is 14.0. The highest BCUT2D eigenvalue weighted by molar-refractivity contribution is 7.65. The van der Waals surface area contributed by atoms with Crippen molar-refractivity contribution in [2.75, 3.05) is 31.9 Å². The highest BCUT2D eigenvalue weighted by Gasteiger charge is 2.46. The average Bonchev–Trinajstić information content (AvgIpc) is 3.81. The van der Waals surface area contributed by atoms with Crippen molar-refractivity contribution in [1.82, 2.24) is 31.5 Å². The van der Waals surface area contributed by atoms with Crippen molar-refractivity contribution in [3.63, 3.8) is 0 Å². The van der Waals surface area contributed by atoms with Crippen LogP contribution in [0, 0.1) is 23.2 Å². The van der Waals surface area contributed by atoms with E-state index < -0.39 is 47.2 Å². The van der Waals surface area contributed by atoms with Crippen LogP contribution in [-0.4, -0.2) is 90.5 Å². The van der Waals surface area contributed by atoms with Gasteiger partial charge in [0.1, 0.15) is 12.1 Å². The van der Waals surface area contributed by atoms with Crippen LogP contribution in [0.4, 0.5) is 4.79 Å². The van der Waals surface area contributed by atoms with Crippen LogP contribution in [0.2, 0.25) is 0 Å². The minimum atomic E-state index is -0.993. The molecule has 3 aliphatic rings. The molecule has 3 fully saturated rings. The first-order valence-corrected chi connectivity index (χ1v) is 19.9. The van der Waals surface area contributed by atoms with Gasteiger partial charge in [0, 0.05) is 36.3 Å². The minimum absolute atomic E-state index is 0.0911. The lowest BCUT2D eigenvalue weighted by atomic mass is 9.83. The number of hydrogen-bond donors (Lipinski definition) is 5. The maximum Gasteiger partial charge on any atom is 0.458 e. The maximum atomic E-state index is 14.5. The molecule has 12 nitrogen and oxygen atoms in total. The van der Waals surface area contributed by atoms with Gasteiger partial charge in [0.25, 0.3) is 5.91 Å². The van der Waals surface area contributed by atoms with Crippen LogP contribution in [0.3, 0.4) is 0 Å². The van der Waals surface area contributed by atoms with Gasteiger partial charge in [-0.05, 0) is 75.7 Å². The van der Waals surface area contributed by atoms with Crippen molar-refractivity contribution in [2.24, 2.45) is 23.2 Å². The zero-order chi connectivity index (χ0) is 37.6. The van der Waals surface area contributed by atoms with Crippen LogP contribution in [0.15, 0.2) is 24.3 Å². The molecule has 1 saturated heterocycles. The molecule has 1 aliphatic heterocycles. The lowest BCUT2D eigenvalue weighted by Crippen LogP contribution is -2.61. The summed E-state index contributed by atoms with van der Waals surface area (Å²) in [5, 5.41) is 15.0. The van der Waals surface area contributed by atoms with Crippen molar-refractivity contribution < 1.29 is 28.2 Å². The quantitative estimate of drug-likeness (QED) is 0.0550. The Morgan fingerprint density at radius 1 is 0.961 bits per heavy atom. The lowest BCUT2D eigenvalue weighted by Gasteiger charge is -2.37. The van der Waals surface area contributed by atoms with Gasteiger partial charge >= 0.3 is 17.7 Å². The van der Waals surface area contributed by atoms with E-state index in [1.54, 1.807) is 4.90 Å². The van der Waals surface area contributed by atoms with Crippen LogP contribution in [0.25, 0.3) is 0 Å². The Hall–Kier alpha value is -3.19. The third-order valence-electron chi connectivity index (χ3n) is 10.1. The molecule has 0 aromatic rings. The number of carbonyl (C=O) groups excluding carboxylic acids is 5. The molecular formula is C38H63N6O6S+. The largest absolute Gasteiger partial charge is 0.458 e. The molecule has 13 heteroatoms. The molecule has 0 aromatic carbocycles. The van der Waals surface area contributed by atoms with Crippen LogP contribution in [0.5, 0.6) is 0 Å². The summed E-state index contributed by atoms with van der Waals surface area (Å²) in [4.78, 5) is 69.5. The molecule has 51 heavy (non-hydrogen) atoms. The Kier molecular flexibility index (Phi) is 17.2. The molecule has 1 heterocycles. The van der Waals surface area contributed by atoms with Gasteiger partial charge in [0.05, 0.1) is 6.04 Å². The number of ketones is 1. The first-order chi connectivity index (χ1) is 24.2. The summed E-state index contributed by atoms with van der Waals surface area (Å²) in [7, 11) is 0. The number of nitrogens with zero attached hydrogens (tertiary/aromatic N) is 1. The Morgan fingerprint density at radius 3 is 2.27 bits per heavy atom. The fraction of sp³-hybridized carbons (Fsp3) is 0.763. The molecule has 0 aromatic heterocycles. The summed E-state index contributed by atoms with van der Waals surface area (Å²) in [6.45, 7) is 15.0. The van der Waals surface area contributed by atoms with E-state index in [0.29, 0.717) is 49.3 Å². The molecule has 0 spiro atoms. The minimum Gasteiger partial charge on any atom is -0.346 e. The SMILES string of the molecule is C=CCNC(=O)C(=O)C(CC1CC1)NC(=O)[C@@H]1CC(C=C(C)C)CN1C(=O)[C@@H](NC(=O)N[C@H](CNCCCC[S+]=O)C1CCCCC1)C(C)(C)C. The smallest absolute Gasteiger partial charge is 0.346 e. The standard InChI is InChI=1S/C38H62N6O6S/c1-7-17-40-35(47)32(45)29(21-26-15-16-26)41-34(46)31-22-27(20-25(2)3)24-44(31)36(48)33(38(4,5)6)43-37(49)42-30(28-13-9-8-10-14-28)23-39-18-11-12-19-51-50/h7,20,26-31,33,39H,1,8-19,21-24H2,2-6H3,(H3-,40,41,42,43,46,47,49)/p+1/t27?,29?,30-,31+,33-/m1/s1. The second kappa shape index (κ2) is 20.7. The summed E-state index contributed by atoms with van der Waals surface area (Å²) >= 11 is 0.601. The van der Waals surface area contributed by atoms with Gasteiger partial charge < -0.3 is 31.5 Å². The van der Waals surface area contributed by atoms with Gasteiger partial charge in [-0.1, -0.05) is 70.6 Å². The molecule has 2 saturated carbocycles. The first-order valence-electron chi connectivity index (χ1n) is 19.0. The van der Waals surface area contributed by atoms with Crippen molar-refractivity contribution in [3.8, 4) is 0 Å². The van der Waals surface area contributed by atoms with E-state index >= 15 is 0 Å². The Labute approximate surface area is 309 Å². The van der Waals surface area contributed by atoms with Crippen LogP contribution in [-0.2, 0) is 35.1 Å². The van der Waals surface area contributed by atoms with Gasteiger partial charge in [-0.15, -0.1) is 6.58 Å². The molecule has 5 N–H and O–H groups in total. The maximum absolute atomic E-state index is 14.5. The number of carbonyl (C=O) groups is 5. The first kappa shape index (κ1) is 42.2. The highest BCUT2D eigenvalue weighted by Crippen LogP contribution is 2.34. The van der Waals surface area contributed by atoms with Gasteiger partial charge in [-0.25, -0.2) is 4.79 Å². The number of urea groups is 1. The third-order valence-corrected chi connectivity index (χ3v) is 10.6. The van der Waals surface area contributed by atoms with Crippen LogP contribution in [0.1, 0.15) is 105 Å².